The third-order valence-electron chi connectivity index (χ3n) is 2.93. The van der Waals surface area contributed by atoms with E-state index in [9.17, 15) is 13.2 Å². The molecule has 1 heterocycles. The highest BCUT2D eigenvalue weighted by atomic mass is 19.2. The zero-order valence-corrected chi connectivity index (χ0v) is 10.4. The van der Waals surface area contributed by atoms with E-state index in [4.69, 9.17) is 11.6 Å². The monoisotopic (exact) mass is 282 g/mol. The second-order valence-corrected chi connectivity index (χ2v) is 4.28. The molecule has 20 heavy (non-hydrogen) atoms. The smallest absolute Gasteiger partial charge is 0.194 e. The molecule has 4 nitrogen and oxygen atoms in total. The molecule has 1 aromatic carbocycles. The quantitative estimate of drug-likeness (QED) is 0.454. The molecular weight excluding hydrogens is 269 g/mol. The van der Waals surface area contributed by atoms with Gasteiger partial charge < -0.3 is 5.73 Å². The van der Waals surface area contributed by atoms with Crippen LogP contribution in [0.1, 0.15) is 17.2 Å². The van der Waals surface area contributed by atoms with E-state index in [-0.39, 0.29) is 12.0 Å². The summed E-state index contributed by atoms with van der Waals surface area (Å²) in [4.78, 5) is 3.83. The number of nitrogens with zero attached hydrogens (tertiary/aromatic N) is 1. The van der Waals surface area contributed by atoms with Gasteiger partial charge >= 0.3 is 0 Å². The van der Waals surface area contributed by atoms with Crippen LogP contribution in [0.25, 0.3) is 0 Å². The minimum absolute atomic E-state index is 0.0539. The number of anilines is 1. The molecule has 7 heteroatoms. The fourth-order valence-corrected chi connectivity index (χ4v) is 1.93. The molecule has 2 rings (SSSR count). The van der Waals surface area contributed by atoms with Crippen LogP contribution < -0.4 is 17.0 Å². The Morgan fingerprint density at radius 3 is 2.55 bits per heavy atom. The molecule has 106 valence electrons. The zero-order valence-electron chi connectivity index (χ0n) is 10.4. The largest absolute Gasteiger partial charge is 0.384 e. The van der Waals surface area contributed by atoms with Crippen LogP contribution in [0.3, 0.4) is 0 Å². The second kappa shape index (κ2) is 5.89. The van der Waals surface area contributed by atoms with Crippen molar-refractivity contribution in [2.24, 2.45) is 5.84 Å². The predicted molar refractivity (Wildman–Crippen MR) is 68.7 cm³/mol. The van der Waals surface area contributed by atoms with Gasteiger partial charge in [-0.2, -0.15) is 0 Å². The standard InChI is InChI=1S/C13H13F3N4/c14-9-2-1-8(12(15)13(9)16)10(20-18)5-7-3-4-19-11(17)6-7/h1-4,6,10,20H,5,18H2,(H2,17,19). The molecule has 0 aliphatic carbocycles. The first-order valence-electron chi connectivity index (χ1n) is 5.83. The van der Waals surface area contributed by atoms with Gasteiger partial charge in [-0.1, -0.05) is 6.07 Å². The highest BCUT2D eigenvalue weighted by Gasteiger charge is 2.20. The van der Waals surface area contributed by atoms with Gasteiger partial charge in [0.25, 0.3) is 0 Å². The highest BCUT2D eigenvalue weighted by Crippen LogP contribution is 2.24. The van der Waals surface area contributed by atoms with Crippen LogP contribution in [0.15, 0.2) is 30.5 Å². The number of rotatable bonds is 4. The maximum Gasteiger partial charge on any atom is 0.194 e. The van der Waals surface area contributed by atoms with Crippen LogP contribution in [-0.2, 0) is 6.42 Å². The van der Waals surface area contributed by atoms with E-state index in [1.165, 1.54) is 6.20 Å². The lowest BCUT2D eigenvalue weighted by atomic mass is 9.99. The minimum atomic E-state index is -1.52. The topological polar surface area (TPSA) is 77.0 Å². The van der Waals surface area contributed by atoms with Crippen molar-refractivity contribution in [3.63, 3.8) is 0 Å². The Kier molecular flexibility index (Phi) is 4.21. The van der Waals surface area contributed by atoms with E-state index in [1.54, 1.807) is 12.1 Å². The van der Waals surface area contributed by atoms with Crippen LogP contribution >= 0.6 is 0 Å². The van der Waals surface area contributed by atoms with Crippen molar-refractivity contribution in [2.75, 3.05) is 5.73 Å². The third kappa shape index (κ3) is 2.89. The number of nitrogens with two attached hydrogens (primary N) is 2. The van der Waals surface area contributed by atoms with Crippen molar-refractivity contribution in [3.8, 4) is 0 Å². The maximum atomic E-state index is 13.7. The summed E-state index contributed by atoms with van der Waals surface area (Å²) in [5, 5.41) is 0. The van der Waals surface area contributed by atoms with E-state index in [1.807, 2.05) is 0 Å². The first kappa shape index (κ1) is 14.3. The van der Waals surface area contributed by atoms with Crippen LogP contribution in [0.5, 0.6) is 0 Å². The van der Waals surface area contributed by atoms with Gasteiger partial charge in [0, 0.05) is 11.8 Å². The van der Waals surface area contributed by atoms with Gasteiger partial charge in [0.15, 0.2) is 17.5 Å². The number of hydrogen-bond acceptors (Lipinski definition) is 4. The van der Waals surface area contributed by atoms with Gasteiger partial charge in [-0.05, 0) is 30.2 Å². The Bertz CT molecular complexity index is 619. The SMILES string of the molecule is NNC(Cc1ccnc(N)c1)c1ccc(F)c(F)c1F. The Balaban J connectivity index is 2.31. The van der Waals surface area contributed by atoms with Crippen LogP contribution in [0.2, 0.25) is 0 Å². The van der Waals surface area contributed by atoms with Crippen molar-refractivity contribution >= 4 is 5.82 Å². The van der Waals surface area contributed by atoms with E-state index < -0.39 is 23.5 Å². The average molecular weight is 282 g/mol. The van der Waals surface area contributed by atoms with Gasteiger partial charge in [-0.3, -0.25) is 11.3 Å². The van der Waals surface area contributed by atoms with Gasteiger partial charge in [0.05, 0.1) is 6.04 Å². The molecule has 0 aliphatic rings. The summed E-state index contributed by atoms with van der Waals surface area (Å²) in [6, 6.07) is 4.58. The molecule has 0 bridgehead atoms. The van der Waals surface area contributed by atoms with E-state index >= 15 is 0 Å². The third-order valence-corrected chi connectivity index (χ3v) is 2.93. The number of halogens is 3. The number of nitrogen functional groups attached to an aromatic ring is 1. The summed E-state index contributed by atoms with van der Waals surface area (Å²) in [6.07, 6.45) is 1.76. The van der Waals surface area contributed by atoms with E-state index in [0.717, 1.165) is 17.7 Å². The molecule has 1 aromatic heterocycles. The number of nitrogens with one attached hydrogen (secondary N) is 1. The normalized spacial score (nSPS) is 12.4. The Hall–Kier alpha value is -2.12. The zero-order chi connectivity index (χ0) is 14.7. The van der Waals surface area contributed by atoms with Crippen molar-refractivity contribution in [1.82, 2.24) is 10.4 Å². The summed E-state index contributed by atoms with van der Waals surface area (Å²) < 4.78 is 39.9. The van der Waals surface area contributed by atoms with Crippen molar-refractivity contribution in [2.45, 2.75) is 12.5 Å². The molecule has 1 atom stereocenters. The number of pyridine rings is 1. The molecule has 0 amide bonds. The van der Waals surface area contributed by atoms with Crippen molar-refractivity contribution in [1.29, 1.82) is 0 Å². The molecule has 0 aliphatic heterocycles. The van der Waals surface area contributed by atoms with Gasteiger partial charge in [-0.25, -0.2) is 18.2 Å². The average Bonchev–Trinajstić information content (AvgIpc) is 2.43. The van der Waals surface area contributed by atoms with E-state index in [2.05, 4.69) is 10.4 Å². The fraction of sp³-hybridized carbons (Fsp3) is 0.154. The number of benzene rings is 1. The second-order valence-electron chi connectivity index (χ2n) is 4.28. The molecular formula is C13H13F3N4. The molecule has 1 unspecified atom stereocenters. The lowest BCUT2D eigenvalue weighted by Gasteiger charge is -2.17. The number of hydrazine groups is 1. The van der Waals surface area contributed by atoms with Gasteiger partial charge in [0.2, 0.25) is 0 Å². The molecule has 0 radical (unpaired) electrons. The maximum absolute atomic E-state index is 13.7. The Morgan fingerprint density at radius 2 is 1.90 bits per heavy atom. The van der Waals surface area contributed by atoms with Gasteiger partial charge in [-0.15, -0.1) is 0 Å². The Morgan fingerprint density at radius 1 is 1.15 bits per heavy atom. The van der Waals surface area contributed by atoms with Crippen molar-refractivity contribution < 1.29 is 13.2 Å². The van der Waals surface area contributed by atoms with E-state index in [0.29, 0.717) is 5.82 Å². The molecule has 0 fully saturated rings. The molecule has 0 saturated heterocycles. The summed E-state index contributed by atoms with van der Waals surface area (Å²) in [7, 11) is 0. The summed E-state index contributed by atoms with van der Waals surface area (Å²) >= 11 is 0. The molecule has 2 aromatic rings. The summed E-state index contributed by atoms with van der Waals surface area (Å²) in [6.45, 7) is 0. The lowest BCUT2D eigenvalue weighted by Crippen LogP contribution is -2.30. The van der Waals surface area contributed by atoms with Crippen LogP contribution in [0, 0.1) is 17.5 Å². The Labute approximate surface area is 113 Å². The molecule has 5 N–H and O–H groups in total. The summed E-state index contributed by atoms with van der Waals surface area (Å²) in [5.41, 5.74) is 8.61. The summed E-state index contributed by atoms with van der Waals surface area (Å²) in [5.74, 6) is 1.67. The predicted octanol–water partition coefficient (Wildman–Crippen LogP) is 1.83. The first-order valence-corrected chi connectivity index (χ1v) is 5.83. The van der Waals surface area contributed by atoms with Crippen LogP contribution in [-0.4, -0.2) is 4.98 Å². The lowest BCUT2D eigenvalue weighted by molar-refractivity contribution is 0.425. The number of hydrogen-bond donors (Lipinski definition) is 3. The fourth-order valence-electron chi connectivity index (χ4n) is 1.93. The first-order chi connectivity index (χ1) is 9.52. The number of aromatic nitrogens is 1. The highest BCUT2D eigenvalue weighted by molar-refractivity contribution is 5.33. The minimum Gasteiger partial charge on any atom is -0.384 e. The molecule has 0 spiro atoms. The van der Waals surface area contributed by atoms with Crippen molar-refractivity contribution in [3.05, 3.63) is 59.0 Å². The molecule has 0 saturated carbocycles. The van der Waals surface area contributed by atoms with Gasteiger partial charge in [0.1, 0.15) is 5.82 Å². The van der Waals surface area contributed by atoms with Crippen LogP contribution in [0.4, 0.5) is 19.0 Å².